The van der Waals surface area contributed by atoms with Gasteiger partial charge in [0.05, 0.1) is 36.2 Å². The summed E-state index contributed by atoms with van der Waals surface area (Å²) in [5, 5.41) is 82.3. The molecule has 8 aromatic carbocycles. The Hall–Kier alpha value is -9.78. The minimum atomic E-state index is -1.36. The van der Waals surface area contributed by atoms with Crippen LogP contribution in [0.3, 0.4) is 0 Å². The molecule has 0 aliphatic heterocycles. The fourth-order valence-corrected chi connectivity index (χ4v) is 27.0. The van der Waals surface area contributed by atoms with Crippen molar-refractivity contribution in [3.63, 3.8) is 0 Å². The third-order valence-electron chi connectivity index (χ3n) is 24.0. The highest BCUT2D eigenvalue weighted by molar-refractivity contribution is 7.22. The molecule has 2 aliphatic carbocycles. The van der Waals surface area contributed by atoms with Crippen LogP contribution in [0.4, 0.5) is 0 Å². The molecule has 0 spiro atoms. The maximum atomic E-state index is 12.6. The van der Waals surface area contributed by atoms with Crippen LogP contribution in [0.2, 0.25) is 10.0 Å². The van der Waals surface area contributed by atoms with Gasteiger partial charge in [-0.3, -0.25) is 0 Å². The van der Waals surface area contributed by atoms with E-state index >= 15 is 0 Å². The van der Waals surface area contributed by atoms with E-state index in [1.807, 2.05) is 170 Å². The molecule has 12 aromatic heterocycles. The van der Waals surface area contributed by atoms with E-state index in [1.54, 1.807) is 139 Å². The maximum absolute atomic E-state index is 12.6. The monoisotopic (exact) mass is 1870 g/mol. The lowest BCUT2D eigenvalue weighted by Gasteiger charge is -2.31. The van der Waals surface area contributed by atoms with Crippen LogP contribution >= 0.6 is 137 Å². The first-order valence-electron chi connectivity index (χ1n) is 41.5. The number of benzene rings is 8. The van der Waals surface area contributed by atoms with E-state index in [0.717, 1.165) is 132 Å². The largest absolute Gasteiger partial charge is 0.466 e. The number of hydrogen-bond donors (Lipinski definition) is 5. The molecule has 7 nitrogen and oxygen atoms in total. The van der Waals surface area contributed by atoms with E-state index < -0.39 is 28.0 Å². The summed E-state index contributed by atoms with van der Waals surface area (Å²) in [5.74, 6) is 0.990. The highest BCUT2D eigenvalue weighted by Crippen LogP contribution is 2.53. The Bertz CT molecular complexity index is 6940. The summed E-state index contributed by atoms with van der Waals surface area (Å²) in [4.78, 5) is 11.6. The first-order chi connectivity index (χ1) is 61.4. The number of aliphatic hydroxyl groups is 5. The average Bonchev–Trinajstić information content (AvgIpc) is 1.55. The van der Waals surface area contributed by atoms with Gasteiger partial charge in [-0.05, 0) is 276 Å². The molecule has 1 saturated carbocycles. The Labute approximate surface area is 783 Å². The van der Waals surface area contributed by atoms with Gasteiger partial charge in [0.25, 0.3) is 0 Å². The second kappa shape index (κ2) is 37.9. The summed E-state index contributed by atoms with van der Waals surface area (Å²) in [6.45, 7) is 5.81. The number of para-hydroxylation sites is 1. The molecule has 2 aliphatic rings. The zero-order valence-corrected chi connectivity index (χ0v) is 78.5. The Morgan fingerprint density at radius 2 is 0.802 bits per heavy atom. The van der Waals surface area contributed by atoms with Gasteiger partial charge in [-0.15, -0.1) is 113 Å². The summed E-state index contributed by atoms with van der Waals surface area (Å²) >= 11 is 29.4. The zero-order valence-electron chi connectivity index (χ0n) is 68.8. The normalized spacial score (nSPS) is 14.7. The quantitative estimate of drug-likeness (QED) is 0.0546. The molecule has 0 bridgehead atoms. The highest BCUT2D eigenvalue weighted by Gasteiger charge is 2.42. The van der Waals surface area contributed by atoms with Crippen LogP contribution in [-0.2, 0) is 34.4 Å². The van der Waals surface area contributed by atoms with Gasteiger partial charge in [-0.1, -0.05) is 219 Å². The number of thiophene rings is 10. The van der Waals surface area contributed by atoms with E-state index in [4.69, 9.17) is 32.0 Å². The lowest BCUT2D eigenvalue weighted by atomic mass is 9.79. The van der Waals surface area contributed by atoms with E-state index in [-0.39, 0.29) is 0 Å². The Morgan fingerprint density at radius 3 is 1.37 bits per heavy atom. The second-order valence-electron chi connectivity index (χ2n) is 31.5. The number of halogens is 2. The summed E-state index contributed by atoms with van der Waals surface area (Å²) in [6.07, 6.45) is 7.99. The van der Waals surface area contributed by atoms with Gasteiger partial charge in [-0.2, -0.15) is 0 Å². The molecular weight excluding hydrogens is 1790 g/mol. The average molecular weight is 1880 g/mol. The molecule has 20 aromatic rings. The predicted molar refractivity (Wildman–Crippen MR) is 538 cm³/mol. The molecule has 5 N–H and O–H groups in total. The zero-order chi connectivity index (χ0) is 86.6. The fourth-order valence-electron chi connectivity index (χ4n) is 17.4. The second-order valence-corrected chi connectivity index (χ2v) is 41.7. The lowest BCUT2D eigenvalue weighted by Crippen LogP contribution is -2.30. The van der Waals surface area contributed by atoms with Crippen LogP contribution in [0.15, 0.2) is 360 Å². The van der Waals surface area contributed by atoms with Crippen LogP contribution in [-0.4, -0.2) is 25.5 Å². The van der Waals surface area contributed by atoms with Crippen LogP contribution in [0, 0.1) is 5.92 Å². The van der Waals surface area contributed by atoms with E-state index in [2.05, 4.69) is 177 Å². The summed E-state index contributed by atoms with van der Waals surface area (Å²) in [6, 6.07) is 97.1. The van der Waals surface area contributed by atoms with Gasteiger partial charge in [-0.25, -0.2) is 0 Å². The Morgan fingerprint density at radius 1 is 0.341 bits per heavy atom. The minimum Gasteiger partial charge on any atom is -0.466 e. The molecule has 126 heavy (non-hydrogen) atoms. The fraction of sp³-hybridized carbons (Fsp3) is 0.140. The van der Waals surface area contributed by atoms with Crippen LogP contribution in [0.1, 0.15) is 125 Å². The molecule has 5 atom stereocenters. The van der Waals surface area contributed by atoms with Crippen molar-refractivity contribution in [2.75, 3.05) is 0 Å². The maximum Gasteiger partial charge on any atom is 0.146 e. The van der Waals surface area contributed by atoms with Gasteiger partial charge >= 0.3 is 0 Å². The molecule has 19 heteroatoms. The van der Waals surface area contributed by atoms with Crippen molar-refractivity contribution in [2.24, 2.45) is 5.92 Å². The SMILES string of the molecule is CC(O)(c1ccco1)c1ccsc1-c1cccs1.CC(O)(c1ccsc1-c1cccs1)C1CCCC1.CCC(O)(c1ccc(-c2ccccc2)cc1)c1ccsc1-c1cccs1.OC(c1ccc(Cl)cc1)(c1ccc2c(c1)oc1ccccc12)c1ccsc1-c1cccs1.OC(c1cccc(Cl)c1)(c1ccc2c(c1)-c1ccccc1C2)c1ccsc1-c1cccs1. The molecule has 22 rings (SSSR count). The molecule has 0 amide bonds. The lowest BCUT2D eigenvalue weighted by molar-refractivity contribution is -0.00244. The minimum absolute atomic E-state index is 0.422. The summed E-state index contributed by atoms with van der Waals surface area (Å²) in [5.41, 5.74) is 12.4. The molecule has 5 unspecified atom stereocenters. The number of fused-ring (bicyclic) bond motifs is 6. The third-order valence-corrected chi connectivity index (χ3v) is 34.3. The molecule has 630 valence electrons. The van der Waals surface area contributed by atoms with E-state index in [1.165, 1.54) is 60.2 Å². The first kappa shape index (κ1) is 86.9. The number of rotatable bonds is 19. The van der Waals surface area contributed by atoms with Crippen molar-refractivity contribution >= 4 is 159 Å². The topological polar surface area (TPSA) is 127 Å². The predicted octanol–water partition coefficient (Wildman–Crippen LogP) is 32.3. The summed E-state index contributed by atoms with van der Waals surface area (Å²) < 4.78 is 11.5. The van der Waals surface area contributed by atoms with Gasteiger partial charge in [0.2, 0.25) is 0 Å². The molecular formula is C107H86Cl2O7S10. The van der Waals surface area contributed by atoms with Crippen molar-refractivity contribution in [3.05, 3.63) is 434 Å². The number of furan rings is 2. The van der Waals surface area contributed by atoms with Crippen LogP contribution in [0.5, 0.6) is 0 Å². The van der Waals surface area contributed by atoms with Crippen LogP contribution < -0.4 is 0 Å². The van der Waals surface area contributed by atoms with Crippen molar-refractivity contribution in [1.29, 1.82) is 0 Å². The smallest absolute Gasteiger partial charge is 0.146 e. The van der Waals surface area contributed by atoms with Gasteiger partial charge in [0.15, 0.2) is 0 Å². The van der Waals surface area contributed by atoms with Crippen molar-refractivity contribution in [2.45, 2.75) is 87.3 Å². The number of hydrogen-bond acceptors (Lipinski definition) is 17. The molecule has 1 fully saturated rings. The standard InChI is InChI=1S/C28H19ClOS2.C27H17ClO2S2.C23H20OS2.C15H18OS2.C14H12O2S2/c29-22-7-3-6-20(16-22)28(30,25-12-14-32-27(25)26-9-4-13-31-26)21-11-10-19-15-18-5-1-2-8-23(18)24(19)17-21;28-19-10-7-17(8-11-19)27(29,22-13-15-32-26(22)25-6-3-14-31-25)18-9-12-21-20-4-1-2-5-23(20)30-24(21)16-18;1-2-23(24,20-14-16-26-22(20)21-9-6-15-25-21)19-12-10-18(11-13-19)17-7-4-3-5-8-17;1-15(16,11-5-2-3-6-11)12-8-10-18-14(12)13-7-4-9-17-13;1-14(15,12-5-2-7-16-12)10-6-9-18-13(10)11-4-3-8-17-11/h1-14,16-17,30H,15H2;1-16,29H;3-16,24H,2H2,1H3;4,7-11,16H,2-3,5-6H2,1H3;2-9,15H,1H3. The third kappa shape index (κ3) is 17.4. The molecule has 0 saturated heterocycles. The van der Waals surface area contributed by atoms with Crippen molar-refractivity contribution in [1.82, 2.24) is 0 Å². The van der Waals surface area contributed by atoms with Crippen molar-refractivity contribution < 1.29 is 34.4 Å². The first-order valence-corrected chi connectivity index (χ1v) is 51.0. The van der Waals surface area contributed by atoms with Gasteiger partial charge in [0, 0.05) is 73.0 Å². The Kier molecular flexibility index (Phi) is 26.1. The van der Waals surface area contributed by atoms with Gasteiger partial charge in [0.1, 0.15) is 39.3 Å². The van der Waals surface area contributed by atoms with Gasteiger partial charge < -0.3 is 34.4 Å². The van der Waals surface area contributed by atoms with E-state index in [9.17, 15) is 25.5 Å². The van der Waals surface area contributed by atoms with Crippen LogP contribution in [0.25, 0.3) is 93.0 Å². The summed E-state index contributed by atoms with van der Waals surface area (Å²) in [7, 11) is 0. The molecule has 0 radical (unpaired) electrons. The van der Waals surface area contributed by atoms with E-state index in [0.29, 0.717) is 28.1 Å². The van der Waals surface area contributed by atoms with Crippen molar-refractivity contribution in [3.8, 4) is 71.0 Å². The Balaban J connectivity index is 0.000000109. The highest BCUT2D eigenvalue weighted by atomic mass is 35.5. The molecule has 12 heterocycles.